The number of hydrogen-bond acceptors (Lipinski definition) is 4. The van der Waals surface area contributed by atoms with Crippen LogP contribution >= 0.6 is 0 Å². The third-order valence-electron chi connectivity index (χ3n) is 4.40. The lowest BCUT2D eigenvalue weighted by Gasteiger charge is -2.10. The smallest absolute Gasteiger partial charge is 0.349 e. The molecule has 2 aromatic carbocycles. The zero-order chi connectivity index (χ0) is 16.5. The molecule has 1 aromatic heterocycles. The third kappa shape index (κ3) is 2.67. The molecule has 1 atom stereocenters. The molecule has 24 heavy (non-hydrogen) atoms. The predicted octanol–water partition coefficient (Wildman–Crippen LogP) is 2.86. The topological polar surface area (TPSA) is 68.5 Å². The Morgan fingerprint density at radius 1 is 1.17 bits per heavy atom. The van der Waals surface area contributed by atoms with Gasteiger partial charge in [-0.05, 0) is 35.7 Å². The molecule has 0 saturated carbocycles. The molecule has 122 valence electrons. The van der Waals surface area contributed by atoms with E-state index < -0.39 is 11.5 Å². The Kier molecular flexibility index (Phi) is 3.78. The van der Waals surface area contributed by atoms with Crippen molar-refractivity contribution in [3.63, 3.8) is 0 Å². The average Bonchev–Trinajstić information content (AvgIpc) is 3.12. The SMILES string of the molecule is O=C(NCC1CCCO1)c1cc2c(ccc3ccccc32)oc1=O. The van der Waals surface area contributed by atoms with Crippen LogP contribution < -0.4 is 10.9 Å². The Bertz CT molecular complexity index is 970. The van der Waals surface area contributed by atoms with Gasteiger partial charge in [-0.15, -0.1) is 0 Å². The highest BCUT2D eigenvalue weighted by Gasteiger charge is 2.19. The van der Waals surface area contributed by atoms with Crippen LogP contribution in [0.15, 0.2) is 51.7 Å². The van der Waals surface area contributed by atoms with Gasteiger partial charge in [0.2, 0.25) is 0 Å². The van der Waals surface area contributed by atoms with Crippen LogP contribution in [0.1, 0.15) is 23.2 Å². The van der Waals surface area contributed by atoms with Gasteiger partial charge >= 0.3 is 5.63 Å². The van der Waals surface area contributed by atoms with Gasteiger partial charge in [-0.1, -0.05) is 30.3 Å². The van der Waals surface area contributed by atoms with E-state index in [4.69, 9.17) is 9.15 Å². The number of carbonyl (C=O) groups excluding carboxylic acids is 1. The van der Waals surface area contributed by atoms with Crippen LogP contribution in [0.2, 0.25) is 0 Å². The molecule has 1 amide bonds. The first-order valence-electron chi connectivity index (χ1n) is 8.08. The first-order chi connectivity index (χ1) is 11.7. The highest BCUT2D eigenvalue weighted by atomic mass is 16.5. The molecule has 1 saturated heterocycles. The summed E-state index contributed by atoms with van der Waals surface area (Å²) in [5.74, 6) is -0.422. The molecule has 1 aliphatic rings. The lowest BCUT2D eigenvalue weighted by molar-refractivity contribution is 0.0855. The van der Waals surface area contributed by atoms with Crippen LogP contribution in [0, 0.1) is 0 Å². The van der Waals surface area contributed by atoms with Crippen molar-refractivity contribution in [2.45, 2.75) is 18.9 Å². The molecule has 5 heteroatoms. The summed E-state index contributed by atoms with van der Waals surface area (Å²) in [6.07, 6.45) is 1.96. The zero-order valence-corrected chi connectivity index (χ0v) is 13.1. The fourth-order valence-corrected chi connectivity index (χ4v) is 3.14. The number of fused-ring (bicyclic) bond motifs is 3. The molecule has 0 radical (unpaired) electrons. The van der Waals surface area contributed by atoms with Gasteiger partial charge in [-0.2, -0.15) is 0 Å². The van der Waals surface area contributed by atoms with Crippen molar-refractivity contribution in [3.05, 3.63) is 58.4 Å². The third-order valence-corrected chi connectivity index (χ3v) is 4.40. The highest BCUT2D eigenvalue weighted by molar-refractivity contribution is 6.07. The number of ether oxygens (including phenoxy) is 1. The van der Waals surface area contributed by atoms with Crippen molar-refractivity contribution >= 4 is 27.6 Å². The zero-order valence-electron chi connectivity index (χ0n) is 13.1. The molecule has 2 heterocycles. The average molecular weight is 323 g/mol. The van der Waals surface area contributed by atoms with Gasteiger partial charge in [0.25, 0.3) is 5.91 Å². The molecule has 0 bridgehead atoms. The van der Waals surface area contributed by atoms with E-state index >= 15 is 0 Å². The number of carbonyl (C=O) groups is 1. The van der Waals surface area contributed by atoms with Crippen LogP contribution in [0.25, 0.3) is 21.7 Å². The summed E-state index contributed by atoms with van der Waals surface area (Å²) in [6.45, 7) is 1.14. The Morgan fingerprint density at radius 2 is 2.04 bits per heavy atom. The van der Waals surface area contributed by atoms with E-state index in [0.717, 1.165) is 35.6 Å². The molecule has 1 fully saturated rings. The van der Waals surface area contributed by atoms with Gasteiger partial charge in [0.15, 0.2) is 0 Å². The van der Waals surface area contributed by atoms with Crippen molar-refractivity contribution in [2.24, 2.45) is 0 Å². The molecule has 1 unspecified atom stereocenters. The normalized spacial score (nSPS) is 17.4. The van der Waals surface area contributed by atoms with Crippen LogP contribution in [-0.2, 0) is 4.74 Å². The number of nitrogens with one attached hydrogen (secondary N) is 1. The maximum absolute atomic E-state index is 12.4. The first-order valence-corrected chi connectivity index (χ1v) is 8.08. The monoisotopic (exact) mass is 323 g/mol. The van der Waals surface area contributed by atoms with Crippen LogP contribution in [0.4, 0.5) is 0 Å². The molecule has 3 aromatic rings. The number of hydrogen-bond donors (Lipinski definition) is 1. The molecule has 1 N–H and O–H groups in total. The van der Waals surface area contributed by atoms with E-state index in [9.17, 15) is 9.59 Å². The van der Waals surface area contributed by atoms with Crippen molar-refractivity contribution < 1.29 is 13.9 Å². The van der Waals surface area contributed by atoms with Crippen molar-refractivity contribution in [2.75, 3.05) is 13.2 Å². The highest BCUT2D eigenvalue weighted by Crippen LogP contribution is 2.24. The largest absolute Gasteiger partial charge is 0.422 e. The molecule has 0 spiro atoms. The maximum Gasteiger partial charge on any atom is 0.349 e. The van der Waals surface area contributed by atoms with E-state index in [1.165, 1.54) is 0 Å². The standard InChI is InChI=1S/C19H17NO4/c21-18(20-11-13-5-3-9-23-13)16-10-15-14-6-2-1-4-12(14)7-8-17(15)24-19(16)22/h1-2,4,6-8,10,13H,3,5,9,11H2,(H,20,21). The lowest BCUT2D eigenvalue weighted by atomic mass is 10.0. The fraction of sp³-hybridized carbons (Fsp3) is 0.263. The Hall–Kier alpha value is -2.66. The number of amides is 1. The molecule has 4 rings (SSSR count). The van der Waals surface area contributed by atoms with E-state index in [1.807, 2.05) is 30.3 Å². The van der Waals surface area contributed by atoms with Crippen LogP contribution in [-0.4, -0.2) is 25.2 Å². The van der Waals surface area contributed by atoms with Gasteiger partial charge in [0.05, 0.1) is 6.10 Å². The van der Waals surface area contributed by atoms with E-state index in [-0.39, 0.29) is 11.7 Å². The van der Waals surface area contributed by atoms with E-state index in [1.54, 1.807) is 12.1 Å². The summed E-state index contributed by atoms with van der Waals surface area (Å²) < 4.78 is 10.8. The minimum Gasteiger partial charge on any atom is -0.422 e. The first kappa shape index (κ1) is 14.9. The number of benzene rings is 2. The van der Waals surface area contributed by atoms with Gasteiger partial charge in [0, 0.05) is 18.5 Å². The summed E-state index contributed by atoms with van der Waals surface area (Å²) in [6, 6.07) is 13.1. The Labute approximate surface area is 138 Å². The second kappa shape index (κ2) is 6.09. The van der Waals surface area contributed by atoms with Gasteiger partial charge in [-0.3, -0.25) is 4.79 Å². The van der Waals surface area contributed by atoms with Gasteiger partial charge in [0.1, 0.15) is 11.1 Å². The van der Waals surface area contributed by atoms with Crippen molar-refractivity contribution in [1.82, 2.24) is 5.32 Å². The summed E-state index contributed by atoms with van der Waals surface area (Å²) in [4.78, 5) is 24.5. The predicted molar refractivity (Wildman–Crippen MR) is 91.3 cm³/mol. The summed E-state index contributed by atoms with van der Waals surface area (Å²) in [5.41, 5.74) is -0.117. The molecule has 1 aliphatic heterocycles. The molecule has 5 nitrogen and oxygen atoms in total. The fourth-order valence-electron chi connectivity index (χ4n) is 3.14. The quantitative estimate of drug-likeness (QED) is 0.594. The second-order valence-corrected chi connectivity index (χ2v) is 5.99. The van der Waals surface area contributed by atoms with Gasteiger partial charge in [-0.25, -0.2) is 4.79 Å². The van der Waals surface area contributed by atoms with Crippen molar-refractivity contribution in [3.8, 4) is 0 Å². The summed E-state index contributed by atoms with van der Waals surface area (Å²) >= 11 is 0. The second-order valence-electron chi connectivity index (χ2n) is 5.99. The minimum absolute atomic E-state index is 0.0249. The maximum atomic E-state index is 12.4. The van der Waals surface area contributed by atoms with Gasteiger partial charge < -0.3 is 14.5 Å². The molecule has 0 aliphatic carbocycles. The van der Waals surface area contributed by atoms with Crippen LogP contribution in [0.3, 0.4) is 0 Å². The minimum atomic E-state index is -0.623. The molecular weight excluding hydrogens is 306 g/mol. The molecular formula is C19H17NO4. The summed E-state index contributed by atoms with van der Waals surface area (Å²) in [7, 11) is 0. The Balaban J connectivity index is 1.71. The van der Waals surface area contributed by atoms with Crippen molar-refractivity contribution in [1.29, 1.82) is 0 Å². The van der Waals surface area contributed by atoms with Crippen LogP contribution in [0.5, 0.6) is 0 Å². The number of rotatable bonds is 3. The summed E-state index contributed by atoms with van der Waals surface area (Å²) in [5, 5.41) is 5.51. The van der Waals surface area contributed by atoms with E-state index in [0.29, 0.717) is 12.1 Å². The lowest BCUT2D eigenvalue weighted by Crippen LogP contribution is -2.34. The van der Waals surface area contributed by atoms with E-state index in [2.05, 4.69) is 5.32 Å². The Morgan fingerprint density at radius 3 is 2.88 bits per heavy atom.